The predicted molar refractivity (Wildman–Crippen MR) is 138 cm³/mol. The summed E-state index contributed by atoms with van der Waals surface area (Å²) in [5.74, 6) is -3.01. The van der Waals surface area contributed by atoms with Gasteiger partial charge in [-0.3, -0.25) is 4.79 Å². The van der Waals surface area contributed by atoms with Crippen LogP contribution in [-0.2, 0) is 19.1 Å². The van der Waals surface area contributed by atoms with Crippen LogP contribution >= 0.6 is 0 Å². The fourth-order valence-electron chi connectivity index (χ4n) is 2.84. The number of carbonyl (C=O) groups is 3. The van der Waals surface area contributed by atoms with Gasteiger partial charge in [-0.05, 0) is 56.6 Å². The van der Waals surface area contributed by atoms with Crippen LogP contribution < -0.4 is 0 Å². The van der Waals surface area contributed by atoms with Gasteiger partial charge in [-0.1, -0.05) is 67.7 Å². The maximum Gasteiger partial charge on any atom is 0.331 e. The molecule has 0 aromatic rings. The van der Waals surface area contributed by atoms with Gasteiger partial charge in [0.25, 0.3) is 0 Å². The van der Waals surface area contributed by atoms with Crippen molar-refractivity contribution in [3.63, 3.8) is 0 Å². The quantitative estimate of drug-likeness (QED) is 0.0728. The molecule has 0 spiro atoms. The first-order valence-corrected chi connectivity index (χ1v) is 11.5. The highest BCUT2D eigenvalue weighted by Gasteiger charge is 2.07. The first-order valence-electron chi connectivity index (χ1n) is 11.5. The number of aliphatic carboxylic acids is 3. The van der Waals surface area contributed by atoms with E-state index in [1.54, 1.807) is 32.3 Å². The summed E-state index contributed by atoms with van der Waals surface area (Å²) in [5, 5.41) is 26.6. The average molecular weight is 514 g/mol. The molecule has 7 heteroatoms. The van der Waals surface area contributed by atoms with Gasteiger partial charge in [-0.2, -0.15) is 0 Å². The molecule has 35 heavy (non-hydrogen) atoms. The number of rotatable bonds is 17. The SMILES string of the molecule is [13CH3]O[13C@H]([13CH2]/[13CH]=[13CH]\[13CH]=[13CH]\[13CH2][13CH2]/[13CH]=[13CH]/[13CH2][13C@H]([13CH3])/[13CH]=[13CH]/[13C](=[13CH]\[13C](=O)O)[13CH2][13C](=O)O)/[13C]([13CH3])=[13CH]\[13CH]=[13C](/[13CH3])[13C](=O)O. The number of ether oxygens (including phenoxy) is 1. The van der Waals surface area contributed by atoms with Crippen LogP contribution in [0.2, 0.25) is 0 Å². The molecule has 0 aliphatic heterocycles. The molecule has 7 nitrogen and oxygen atoms in total. The van der Waals surface area contributed by atoms with Gasteiger partial charge in [0.05, 0.1) is 12.5 Å². The Labute approximate surface area is 208 Å². The molecule has 0 aliphatic rings. The summed E-state index contributed by atoms with van der Waals surface area (Å²) >= 11 is 0. The maximum absolute atomic E-state index is 10.9. The third-order valence-corrected chi connectivity index (χ3v) is 4.94. The highest BCUT2D eigenvalue weighted by molar-refractivity contribution is 5.86. The molecule has 0 aliphatic carbocycles. The van der Waals surface area contributed by atoms with Crippen molar-refractivity contribution >= 4 is 17.9 Å². The minimum atomic E-state index is -1.16. The zero-order chi connectivity index (χ0) is 26.6. The van der Waals surface area contributed by atoms with Crippen LogP contribution in [-0.4, -0.2) is 46.4 Å². The van der Waals surface area contributed by atoms with Gasteiger partial charge in [0, 0.05) is 18.8 Å². The van der Waals surface area contributed by atoms with Crippen LogP contribution in [0.3, 0.4) is 0 Å². The zero-order valence-corrected chi connectivity index (χ0v) is 21.0. The zero-order valence-electron chi connectivity index (χ0n) is 21.0. The average Bonchev–Trinajstić information content (AvgIpc) is 2.78. The summed E-state index contributed by atoms with van der Waals surface area (Å²) in [7, 11) is 1.63. The first-order chi connectivity index (χ1) is 16.6. The number of allylic oxidation sites excluding steroid dienone is 9. The molecular formula is C28H38O7. The number of methoxy groups -OCH3 is 1. The predicted octanol–water partition coefficient (Wildman–Crippen LogP) is 5.89. The van der Waals surface area contributed by atoms with Crippen LogP contribution in [0.5, 0.6) is 0 Å². The fraction of sp³-hybridized carbons (Fsp3) is 0.393. The van der Waals surface area contributed by atoms with E-state index in [9.17, 15) is 14.4 Å². The third kappa shape index (κ3) is 17.7. The van der Waals surface area contributed by atoms with E-state index < -0.39 is 17.9 Å². The molecule has 2 atom stereocenters. The first kappa shape index (κ1) is 31.6. The lowest BCUT2D eigenvalue weighted by atomic mass is 11.0. The van der Waals surface area contributed by atoms with Crippen molar-refractivity contribution in [2.24, 2.45) is 5.92 Å². The minimum absolute atomic E-state index is 0.115. The van der Waals surface area contributed by atoms with Crippen LogP contribution in [0.25, 0.3) is 0 Å². The van der Waals surface area contributed by atoms with Gasteiger partial charge in [0.1, 0.15) is 0 Å². The molecule has 0 bridgehead atoms. The highest BCUT2D eigenvalue weighted by atomic mass is 16.6. The van der Waals surface area contributed by atoms with E-state index in [2.05, 4.69) is 18.2 Å². The van der Waals surface area contributed by atoms with E-state index in [0.29, 0.717) is 6.42 Å². The van der Waals surface area contributed by atoms with Crippen molar-refractivity contribution < 1.29 is 34.4 Å². The van der Waals surface area contributed by atoms with E-state index >= 15 is 0 Å². The number of hydrogen-bond acceptors (Lipinski definition) is 4. The molecule has 0 aromatic carbocycles. The van der Waals surface area contributed by atoms with Crippen molar-refractivity contribution in [2.75, 3.05) is 7.11 Å². The van der Waals surface area contributed by atoms with E-state index in [1.165, 1.54) is 0 Å². The standard InChI is InChI=1S/C28H38O7/c1-21(15-18-24(19-26(29)30)20-27(31)32)13-11-9-7-5-6-8-10-12-14-25(35-4)22(2)16-17-23(3)28(33)34/h6,8-12,15-19,21,25H,5,7,13-14,20H2,1-4H3,(H,29,30)(H,31,32)(H,33,34)/b8-6+,11-9+,12-10-,18-15+,22-16-,23-17+,24-19+/t21-,25+/m0/s1/i1+1,2+1,3+1,4+1,5+1,6+1,7+1,8+1,9+1,10+1,11+1,12+1,13+1,14+1,15+1,16+1,17+1,18+1,19+1,20+1,21+1,22+1,23+1,24+1,25+1,26+1,27+1,28+1. The second-order valence-electron chi connectivity index (χ2n) is 8.13. The molecule has 0 unspecified atom stereocenters. The molecule has 0 saturated heterocycles. The van der Waals surface area contributed by atoms with Gasteiger partial charge in [-0.25, -0.2) is 9.59 Å². The lowest BCUT2D eigenvalue weighted by molar-refractivity contribution is -0.136. The normalized spacial score (nSPS) is 15.5. The number of carboxylic acids is 3. The Kier molecular flexibility index (Phi) is 17.1. The summed E-state index contributed by atoms with van der Waals surface area (Å²) in [6.45, 7) is 5.44. The minimum Gasteiger partial charge on any atom is -0.481 e. The van der Waals surface area contributed by atoms with Gasteiger partial charge >= 0.3 is 17.9 Å². The fourth-order valence-corrected chi connectivity index (χ4v) is 2.84. The highest BCUT2D eigenvalue weighted by Crippen LogP contribution is 2.12. The smallest absolute Gasteiger partial charge is 0.331 e. The molecule has 0 aromatic heterocycles. The summed E-state index contributed by atoms with van der Waals surface area (Å²) < 4.78 is 5.47. The Morgan fingerprint density at radius 1 is 0.886 bits per heavy atom. The van der Waals surface area contributed by atoms with Crippen LogP contribution in [0.1, 0.15) is 52.9 Å². The topological polar surface area (TPSA) is 121 Å². The van der Waals surface area contributed by atoms with E-state index in [-0.39, 0.29) is 29.6 Å². The second-order valence-corrected chi connectivity index (χ2v) is 8.13. The Hall–Kier alpha value is -3.45. The number of carboxylic acid groups (broad SMARTS) is 3. The molecule has 0 heterocycles. The van der Waals surface area contributed by atoms with E-state index in [1.807, 2.05) is 38.2 Å². The molecule has 192 valence electrons. The van der Waals surface area contributed by atoms with Gasteiger partial charge in [-0.15, -0.1) is 0 Å². The Morgan fingerprint density at radius 3 is 2.14 bits per heavy atom. The molecule has 0 fully saturated rings. The van der Waals surface area contributed by atoms with Crippen molar-refractivity contribution in [1.29, 1.82) is 0 Å². The van der Waals surface area contributed by atoms with Crippen molar-refractivity contribution in [1.82, 2.24) is 0 Å². The van der Waals surface area contributed by atoms with Gasteiger partial charge < -0.3 is 20.1 Å². The largest absolute Gasteiger partial charge is 0.481 e. The summed E-state index contributed by atoms with van der Waals surface area (Å²) in [6.07, 6.45) is 22.6. The Balaban J connectivity index is 4.41. The maximum atomic E-state index is 10.9. The number of hydrogen-bond donors (Lipinski definition) is 3. The Bertz CT molecular complexity index is 898. The van der Waals surface area contributed by atoms with Crippen LogP contribution in [0, 0.1) is 5.92 Å². The van der Waals surface area contributed by atoms with Crippen LogP contribution in [0.15, 0.2) is 83.6 Å². The Morgan fingerprint density at radius 2 is 1.54 bits per heavy atom. The summed E-state index contributed by atoms with van der Waals surface area (Å²) in [5.41, 5.74) is 1.48. The van der Waals surface area contributed by atoms with Crippen molar-refractivity contribution in [3.8, 4) is 0 Å². The summed E-state index contributed by atoms with van der Waals surface area (Å²) in [6, 6.07) is 0. The van der Waals surface area contributed by atoms with E-state index in [4.69, 9.17) is 20.1 Å². The van der Waals surface area contributed by atoms with Crippen molar-refractivity contribution in [2.45, 2.75) is 59.0 Å². The molecule has 0 radical (unpaired) electrons. The second kappa shape index (κ2) is 18.9. The van der Waals surface area contributed by atoms with Crippen molar-refractivity contribution in [3.05, 3.63) is 83.6 Å². The monoisotopic (exact) mass is 514 g/mol. The lowest BCUT2D eigenvalue weighted by Gasteiger charge is -2.13. The molecular weight excluding hydrogens is 476 g/mol. The lowest BCUT2D eigenvalue weighted by Crippen LogP contribution is -2.10. The van der Waals surface area contributed by atoms with Gasteiger partial charge in [0.2, 0.25) is 0 Å². The molecule has 3 N–H and O–H groups in total. The summed E-state index contributed by atoms with van der Waals surface area (Å²) in [4.78, 5) is 32.4. The van der Waals surface area contributed by atoms with E-state index in [0.717, 1.165) is 30.9 Å². The molecule has 0 amide bonds. The number of unbranched alkanes of at least 4 members (excludes halogenated alkanes) is 1. The van der Waals surface area contributed by atoms with Gasteiger partial charge in [0.15, 0.2) is 0 Å². The third-order valence-electron chi connectivity index (χ3n) is 4.94. The molecule has 0 saturated carbocycles. The van der Waals surface area contributed by atoms with Crippen LogP contribution in [0.4, 0.5) is 0 Å². The molecule has 0 rings (SSSR count).